The van der Waals surface area contributed by atoms with Crippen LogP contribution in [0.2, 0.25) is 0 Å². The molecule has 0 saturated carbocycles. The Hall–Kier alpha value is -2.86. The second kappa shape index (κ2) is 7.04. The van der Waals surface area contributed by atoms with E-state index >= 15 is 0 Å². The zero-order chi connectivity index (χ0) is 18.9. The van der Waals surface area contributed by atoms with Gasteiger partial charge in [-0.05, 0) is 49.7 Å². The number of rotatable bonds is 4. The van der Waals surface area contributed by atoms with E-state index in [4.69, 9.17) is 0 Å². The van der Waals surface area contributed by atoms with Gasteiger partial charge in [0.05, 0.1) is 12.2 Å². The SMILES string of the molecule is O=C(O)c1ccccc1CN1CN(c2ccccc2)C2(CCNCC2)C1=O. The highest BCUT2D eigenvalue weighted by Gasteiger charge is 2.52. The highest BCUT2D eigenvalue weighted by atomic mass is 16.4. The molecule has 0 atom stereocenters. The predicted octanol–water partition coefficient (Wildman–Crippen LogP) is 2.31. The number of carbonyl (C=O) groups excluding carboxylic acids is 1. The first-order valence-corrected chi connectivity index (χ1v) is 9.26. The summed E-state index contributed by atoms with van der Waals surface area (Å²) < 4.78 is 0. The number of nitrogens with zero attached hydrogens (tertiary/aromatic N) is 2. The van der Waals surface area contributed by atoms with Crippen molar-refractivity contribution in [3.63, 3.8) is 0 Å². The van der Waals surface area contributed by atoms with E-state index in [1.807, 2.05) is 36.4 Å². The van der Waals surface area contributed by atoms with Gasteiger partial charge in [-0.3, -0.25) is 4.79 Å². The van der Waals surface area contributed by atoms with E-state index in [1.165, 1.54) is 0 Å². The van der Waals surface area contributed by atoms with E-state index in [1.54, 1.807) is 23.1 Å². The Labute approximate surface area is 158 Å². The summed E-state index contributed by atoms with van der Waals surface area (Å²) >= 11 is 0. The molecule has 2 aromatic carbocycles. The van der Waals surface area contributed by atoms with Gasteiger partial charge in [0.15, 0.2) is 0 Å². The van der Waals surface area contributed by atoms with E-state index in [9.17, 15) is 14.7 Å². The number of benzene rings is 2. The van der Waals surface area contributed by atoms with Crippen molar-refractivity contribution in [2.24, 2.45) is 0 Å². The number of hydrogen-bond acceptors (Lipinski definition) is 4. The molecule has 0 bridgehead atoms. The van der Waals surface area contributed by atoms with Crippen molar-refractivity contribution in [3.05, 3.63) is 65.7 Å². The predicted molar refractivity (Wildman–Crippen MR) is 103 cm³/mol. The van der Waals surface area contributed by atoms with Crippen LogP contribution < -0.4 is 10.2 Å². The maximum absolute atomic E-state index is 13.5. The number of nitrogens with one attached hydrogen (secondary N) is 1. The van der Waals surface area contributed by atoms with Gasteiger partial charge in [-0.25, -0.2) is 4.79 Å². The topological polar surface area (TPSA) is 72.9 Å². The van der Waals surface area contributed by atoms with Crippen LogP contribution in [0.15, 0.2) is 54.6 Å². The van der Waals surface area contributed by atoms with Crippen molar-refractivity contribution in [2.45, 2.75) is 24.9 Å². The number of carboxylic acids is 1. The molecule has 0 aliphatic carbocycles. The molecule has 140 valence electrons. The number of anilines is 1. The Balaban J connectivity index is 1.68. The number of amides is 1. The molecular weight excluding hydrogens is 342 g/mol. The zero-order valence-electron chi connectivity index (χ0n) is 15.1. The Kier molecular flexibility index (Phi) is 4.58. The van der Waals surface area contributed by atoms with Crippen LogP contribution in [-0.4, -0.2) is 47.2 Å². The number of hydrogen-bond donors (Lipinski definition) is 2. The van der Waals surface area contributed by atoms with Crippen molar-refractivity contribution >= 4 is 17.6 Å². The smallest absolute Gasteiger partial charge is 0.336 e. The lowest BCUT2D eigenvalue weighted by Crippen LogP contribution is -2.55. The van der Waals surface area contributed by atoms with Gasteiger partial charge in [0.25, 0.3) is 0 Å². The van der Waals surface area contributed by atoms with Crippen molar-refractivity contribution in [1.29, 1.82) is 0 Å². The van der Waals surface area contributed by atoms with Gasteiger partial charge in [0.2, 0.25) is 5.91 Å². The molecule has 0 aromatic heterocycles. The Bertz CT molecular complexity index is 847. The van der Waals surface area contributed by atoms with Crippen LogP contribution in [0.5, 0.6) is 0 Å². The van der Waals surface area contributed by atoms with E-state index in [0.29, 0.717) is 18.8 Å². The molecule has 6 nitrogen and oxygen atoms in total. The average molecular weight is 365 g/mol. The first-order valence-electron chi connectivity index (χ1n) is 9.26. The highest BCUT2D eigenvalue weighted by molar-refractivity contribution is 5.94. The van der Waals surface area contributed by atoms with Crippen molar-refractivity contribution in [2.75, 3.05) is 24.7 Å². The lowest BCUT2D eigenvalue weighted by Gasteiger charge is -2.40. The second-order valence-electron chi connectivity index (χ2n) is 7.15. The molecule has 0 radical (unpaired) electrons. The van der Waals surface area contributed by atoms with Crippen molar-refractivity contribution < 1.29 is 14.7 Å². The molecular formula is C21H23N3O3. The zero-order valence-corrected chi connectivity index (χ0v) is 15.1. The van der Waals surface area contributed by atoms with Crippen LogP contribution in [-0.2, 0) is 11.3 Å². The second-order valence-corrected chi connectivity index (χ2v) is 7.15. The number of carboxylic acid groups (broad SMARTS) is 1. The summed E-state index contributed by atoms with van der Waals surface area (Å²) in [5, 5.41) is 12.8. The molecule has 1 spiro atoms. The van der Waals surface area contributed by atoms with Gasteiger partial charge in [0.1, 0.15) is 5.54 Å². The molecule has 1 amide bonds. The van der Waals surface area contributed by atoms with Crippen LogP contribution in [0.25, 0.3) is 0 Å². The lowest BCUT2D eigenvalue weighted by atomic mass is 9.86. The van der Waals surface area contributed by atoms with Crippen molar-refractivity contribution in [3.8, 4) is 0 Å². The molecule has 6 heteroatoms. The van der Waals surface area contributed by atoms with Gasteiger partial charge in [0, 0.05) is 12.2 Å². The minimum atomic E-state index is -0.964. The fraction of sp³-hybridized carbons (Fsp3) is 0.333. The molecule has 2 aromatic rings. The lowest BCUT2D eigenvalue weighted by molar-refractivity contribution is -0.133. The fourth-order valence-corrected chi connectivity index (χ4v) is 4.24. The minimum Gasteiger partial charge on any atom is -0.478 e. The summed E-state index contributed by atoms with van der Waals surface area (Å²) in [6, 6.07) is 16.9. The summed E-state index contributed by atoms with van der Waals surface area (Å²) in [5.74, 6) is -0.873. The van der Waals surface area contributed by atoms with Gasteiger partial charge in [-0.15, -0.1) is 0 Å². The molecule has 4 rings (SSSR count). The van der Waals surface area contributed by atoms with Crippen LogP contribution in [0.1, 0.15) is 28.8 Å². The third kappa shape index (κ3) is 3.06. The summed E-state index contributed by atoms with van der Waals surface area (Å²) in [5.41, 5.74) is 1.40. The van der Waals surface area contributed by atoms with Crippen molar-refractivity contribution in [1.82, 2.24) is 10.2 Å². The number of aromatic carboxylic acids is 1. The van der Waals surface area contributed by atoms with E-state index in [0.717, 1.165) is 31.6 Å². The quantitative estimate of drug-likeness (QED) is 0.870. The van der Waals surface area contributed by atoms with Crippen LogP contribution in [0, 0.1) is 0 Å². The molecule has 2 N–H and O–H groups in total. The third-order valence-electron chi connectivity index (χ3n) is 5.62. The fourth-order valence-electron chi connectivity index (χ4n) is 4.24. The monoisotopic (exact) mass is 365 g/mol. The van der Waals surface area contributed by atoms with E-state index in [2.05, 4.69) is 10.2 Å². The molecule has 2 aliphatic heterocycles. The van der Waals surface area contributed by atoms with Crippen LogP contribution in [0.4, 0.5) is 5.69 Å². The first kappa shape index (κ1) is 17.5. The van der Waals surface area contributed by atoms with Gasteiger partial charge in [-0.1, -0.05) is 36.4 Å². The molecule has 0 unspecified atom stereocenters. The minimum absolute atomic E-state index is 0.0908. The summed E-state index contributed by atoms with van der Waals surface area (Å²) in [7, 11) is 0. The Morgan fingerprint density at radius 2 is 1.70 bits per heavy atom. The molecule has 27 heavy (non-hydrogen) atoms. The highest BCUT2D eigenvalue weighted by Crippen LogP contribution is 2.38. The maximum atomic E-state index is 13.5. The van der Waals surface area contributed by atoms with E-state index < -0.39 is 11.5 Å². The van der Waals surface area contributed by atoms with Gasteiger partial charge < -0.3 is 20.2 Å². The summed E-state index contributed by atoms with van der Waals surface area (Å²) in [6.45, 7) is 2.37. The number of piperidine rings is 1. The summed E-state index contributed by atoms with van der Waals surface area (Å²) in [6.07, 6.45) is 1.50. The standard InChI is InChI=1S/C21H23N3O3/c25-19(26)18-9-5-4-6-16(18)14-23-15-24(17-7-2-1-3-8-17)21(20(23)27)10-12-22-13-11-21/h1-9,22H,10-15H2,(H,25,26). The molecule has 2 aliphatic rings. The van der Waals surface area contributed by atoms with Gasteiger partial charge >= 0.3 is 5.97 Å². The van der Waals surface area contributed by atoms with Gasteiger partial charge in [-0.2, -0.15) is 0 Å². The average Bonchev–Trinajstić information content (AvgIpc) is 2.95. The Morgan fingerprint density at radius 1 is 1.04 bits per heavy atom. The van der Waals surface area contributed by atoms with Crippen LogP contribution in [0.3, 0.4) is 0 Å². The Morgan fingerprint density at radius 3 is 2.41 bits per heavy atom. The molecule has 2 fully saturated rings. The normalized spacial score (nSPS) is 18.9. The third-order valence-corrected chi connectivity index (χ3v) is 5.62. The number of para-hydroxylation sites is 1. The summed E-state index contributed by atoms with van der Waals surface area (Å²) in [4.78, 5) is 29.0. The first-order chi connectivity index (χ1) is 13.1. The molecule has 2 heterocycles. The molecule has 2 saturated heterocycles. The maximum Gasteiger partial charge on any atom is 0.336 e. The largest absolute Gasteiger partial charge is 0.478 e. The number of carbonyl (C=O) groups is 2. The van der Waals surface area contributed by atoms with E-state index in [-0.39, 0.29) is 11.5 Å². The van der Waals surface area contributed by atoms with Crippen LogP contribution >= 0.6 is 0 Å².